The van der Waals surface area contributed by atoms with Crippen LogP contribution < -0.4 is 31.5 Å². The van der Waals surface area contributed by atoms with Crippen LogP contribution in [0.1, 0.15) is 31.9 Å². The van der Waals surface area contributed by atoms with Gasteiger partial charge in [0.15, 0.2) is 0 Å². The second-order valence-electron chi connectivity index (χ2n) is 9.00. The first kappa shape index (κ1) is 34.2. The highest BCUT2D eigenvalue weighted by Crippen LogP contribution is 2.23. The highest BCUT2D eigenvalue weighted by molar-refractivity contribution is 9.10. The number of nitrogens with two attached hydrogens (primary N) is 1. The first-order chi connectivity index (χ1) is 16.5. The maximum atomic E-state index is 11.7. The minimum absolute atomic E-state index is 0. The number of carbonyl (C=O) groups excluding carboxylic acids is 2. The minimum Gasteiger partial charge on any atom is -0.351 e. The molecule has 0 aliphatic rings. The summed E-state index contributed by atoms with van der Waals surface area (Å²) >= 11 is 6.76. The van der Waals surface area contributed by atoms with Crippen LogP contribution in [0.5, 0.6) is 0 Å². The molecule has 0 fully saturated rings. The second kappa shape index (κ2) is 14.8. The van der Waals surface area contributed by atoms with E-state index in [-0.39, 0.29) is 35.9 Å². The molecule has 0 radical (unpaired) electrons. The summed E-state index contributed by atoms with van der Waals surface area (Å²) < 4.78 is 1.95. The number of guanidine groups is 2. The maximum Gasteiger partial charge on any atom is 0.321 e. The number of halogens is 3. The molecule has 2 aromatic rings. The van der Waals surface area contributed by atoms with Gasteiger partial charge < -0.3 is 20.9 Å². The summed E-state index contributed by atoms with van der Waals surface area (Å²) in [6.45, 7) is 9.55. The Kier molecular flexibility index (Phi) is 13.7. The molecule has 0 aromatic heterocycles. The van der Waals surface area contributed by atoms with Crippen molar-refractivity contribution in [3.8, 4) is 0 Å². The van der Waals surface area contributed by atoms with Gasteiger partial charge in [-0.3, -0.25) is 21.5 Å². The molecule has 0 bridgehead atoms. The van der Waals surface area contributed by atoms with Crippen LogP contribution in [0, 0.1) is 24.7 Å². The lowest BCUT2D eigenvalue weighted by Gasteiger charge is -2.25. The molecule has 0 aliphatic heterocycles. The Morgan fingerprint density at radius 1 is 0.838 bits per heavy atom. The lowest BCUT2D eigenvalue weighted by atomic mass is 10.1. The van der Waals surface area contributed by atoms with E-state index in [2.05, 4.69) is 47.8 Å². The number of hydrogen-bond acceptors (Lipinski definition) is 4. The first-order valence-electron chi connectivity index (χ1n) is 10.8. The number of rotatable bonds is 2. The van der Waals surface area contributed by atoms with Gasteiger partial charge in [0.2, 0.25) is 11.9 Å². The van der Waals surface area contributed by atoms with Gasteiger partial charge in [-0.25, -0.2) is 9.59 Å². The highest BCUT2D eigenvalue weighted by Gasteiger charge is 2.17. The molecular weight excluding hydrogens is 628 g/mol. The summed E-state index contributed by atoms with van der Waals surface area (Å²) in [6.07, 6.45) is 0. The SMILES string of the molecule is Cc1cc(Br)ccc1N(C)C(=N)NC(=O)NC(C)(C)C.Cc1cc(Br)ccc1N(C)C(=N)NC(N)=O.Cl. The van der Waals surface area contributed by atoms with E-state index in [0.29, 0.717) is 0 Å². The fraction of sp³-hybridized carbons (Fsp3) is 0.333. The van der Waals surface area contributed by atoms with Crippen LogP contribution in [-0.2, 0) is 0 Å². The number of carbonyl (C=O) groups is 2. The Labute approximate surface area is 241 Å². The molecule has 0 spiro atoms. The van der Waals surface area contributed by atoms with E-state index in [4.69, 9.17) is 16.6 Å². The van der Waals surface area contributed by atoms with Crippen molar-refractivity contribution in [3.63, 3.8) is 0 Å². The van der Waals surface area contributed by atoms with Crippen molar-refractivity contribution in [2.45, 2.75) is 40.2 Å². The number of anilines is 2. The minimum atomic E-state index is -0.744. The van der Waals surface area contributed by atoms with Crippen molar-refractivity contribution in [3.05, 3.63) is 56.5 Å². The largest absolute Gasteiger partial charge is 0.351 e. The van der Waals surface area contributed by atoms with Crippen molar-refractivity contribution >= 4 is 79.6 Å². The summed E-state index contributed by atoms with van der Waals surface area (Å²) in [5, 5.41) is 23.1. The molecule has 0 aliphatic carbocycles. The highest BCUT2D eigenvalue weighted by atomic mass is 79.9. The number of amides is 4. The Morgan fingerprint density at radius 3 is 1.54 bits per heavy atom. The number of benzene rings is 2. The van der Waals surface area contributed by atoms with Gasteiger partial charge in [-0.2, -0.15) is 0 Å². The molecule has 204 valence electrons. The topological polar surface area (TPSA) is 150 Å². The van der Waals surface area contributed by atoms with E-state index in [1.54, 1.807) is 23.9 Å². The molecule has 13 heteroatoms. The van der Waals surface area contributed by atoms with Crippen molar-refractivity contribution in [1.82, 2.24) is 16.0 Å². The molecule has 10 nitrogen and oxygen atoms in total. The molecule has 0 heterocycles. The molecule has 2 rings (SSSR count). The average molecular weight is 663 g/mol. The van der Waals surface area contributed by atoms with Crippen molar-refractivity contribution in [1.29, 1.82) is 10.8 Å². The lowest BCUT2D eigenvalue weighted by Crippen LogP contribution is -2.51. The Bertz CT molecular complexity index is 1140. The quantitative estimate of drug-likeness (QED) is 0.187. The van der Waals surface area contributed by atoms with Crippen LogP contribution >= 0.6 is 44.3 Å². The number of hydrogen-bond donors (Lipinski definition) is 6. The fourth-order valence-corrected chi connectivity index (χ4v) is 3.95. The van der Waals surface area contributed by atoms with E-state index < -0.39 is 6.03 Å². The monoisotopic (exact) mass is 660 g/mol. The smallest absolute Gasteiger partial charge is 0.321 e. The van der Waals surface area contributed by atoms with E-state index in [1.165, 1.54) is 0 Å². The summed E-state index contributed by atoms with van der Waals surface area (Å²) in [5.74, 6) is -0.0323. The van der Waals surface area contributed by atoms with Crippen LogP contribution in [-0.4, -0.2) is 43.6 Å². The third kappa shape index (κ3) is 11.8. The van der Waals surface area contributed by atoms with E-state index in [9.17, 15) is 9.59 Å². The zero-order valence-electron chi connectivity index (χ0n) is 21.9. The normalized spacial score (nSPS) is 10.1. The van der Waals surface area contributed by atoms with E-state index >= 15 is 0 Å². The molecule has 0 atom stereocenters. The van der Waals surface area contributed by atoms with Gasteiger partial charge >= 0.3 is 12.1 Å². The van der Waals surface area contributed by atoms with Crippen molar-refractivity contribution < 1.29 is 9.59 Å². The van der Waals surface area contributed by atoms with Crippen LogP contribution in [0.15, 0.2) is 45.3 Å². The molecule has 0 saturated carbocycles. The van der Waals surface area contributed by atoms with Gasteiger partial charge in [-0.15, -0.1) is 12.4 Å². The number of urea groups is 2. The standard InChI is InChI=1S/C14H21BrN4O.C10H13BrN4O.ClH/c1-9-8-10(15)6-7-11(9)19(5)12(16)17-13(20)18-14(2,3)4;1-6-5-7(11)3-4-8(6)15(2)9(12)14-10(13)16;/h6-8H,1-5H3,(H3,16,17,18,20);3-5H,1-2H3,(H4,12,13,14,16);1H. The van der Waals surface area contributed by atoms with Crippen LogP contribution in [0.25, 0.3) is 0 Å². The third-order valence-electron chi connectivity index (χ3n) is 4.67. The van der Waals surface area contributed by atoms with Gasteiger partial charge in [0, 0.05) is 40.0 Å². The van der Waals surface area contributed by atoms with Gasteiger partial charge in [-0.1, -0.05) is 31.9 Å². The number of nitrogens with zero attached hydrogens (tertiary/aromatic N) is 2. The third-order valence-corrected chi connectivity index (χ3v) is 5.66. The zero-order chi connectivity index (χ0) is 27.8. The van der Waals surface area contributed by atoms with E-state index in [0.717, 1.165) is 31.4 Å². The van der Waals surface area contributed by atoms with Gasteiger partial charge in [0.25, 0.3) is 0 Å². The van der Waals surface area contributed by atoms with Crippen molar-refractivity contribution in [2.24, 2.45) is 5.73 Å². The predicted octanol–water partition coefficient (Wildman–Crippen LogP) is 5.44. The Hall–Kier alpha value is -2.83. The first-order valence-corrected chi connectivity index (χ1v) is 12.4. The second-order valence-corrected chi connectivity index (χ2v) is 10.8. The number of aryl methyl sites for hydroxylation is 2. The van der Waals surface area contributed by atoms with Gasteiger partial charge in [-0.05, 0) is 82.1 Å². The lowest BCUT2D eigenvalue weighted by molar-refractivity contribution is 0.236. The van der Waals surface area contributed by atoms with Gasteiger partial charge in [0.1, 0.15) is 0 Å². The zero-order valence-corrected chi connectivity index (χ0v) is 25.9. The summed E-state index contributed by atoms with van der Waals surface area (Å²) in [7, 11) is 3.43. The fourth-order valence-electron chi connectivity index (χ4n) is 3.00. The number of primary amides is 1. The predicted molar refractivity (Wildman–Crippen MR) is 161 cm³/mol. The average Bonchev–Trinajstić information content (AvgIpc) is 2.71. The van der Waals surface area contributed by atoms with Crippen LogP contribution in [0.3, 0.4) is 0 Å². The van der Waals surface area contributed by atoms with Gasteiger partial charge in [0.05, 0.1) is 0 Å². The van der Waals surface area contributed by atoms with Crippen molar-refractivity contribution in [2.75, 3.05) is 23.9 Å². The molecule has 0 unspecified atom stereocenters. The molecule has 2 aromatic carbocycles. The molecular formula is C24H35Br2ClN8O2. The Morgan fingerprint density at radius 2 is 1.22 bits per heavy atom. The molecule has 0 saturated heterocycles. The number of nitrogens with one attached hydrogen (secondary N) is 5. The Balaban J connectivity index is 0.000000698. The summed E-state index contributed by atoms with van der Waals surface area (Å²) in [6, 6.07) is 10.3. The summed E-state index contributed by atoms with van der Waals surface area (Å²) in [4.78, 5) is 25.5. The molecule has 7 N–H and O–H groups in total. The van der Waals surface area contributed by atoms with E-state index in [1.807, 2.05) is 71.0 Å². The van der Waals surface area contributed by atoms with Crippen LogP contribution in [0.4, 0.5) is 21.0 Å². The van der Waals surface area contributed by atoms with Crippen LogP contribution in [0.2, 0.25) is 0 Å². The maximum absolute atomic E-state index is 11.7. The molecule has 37 heavy (non-hydrogen) atoms. The molecule has 4 amide bonds. The summed E-state index contributed by atoms with van der Waals surface area (Å²) in [5.41, 5.74) is 8.33.